The molecule has 2 N–H and O–H groups in total. The number of nitrogens with one attached hydrogen (secondary N) is 1. The molecule has 2 nitrogen and oxygen atoms in total. The van der Waals surface area contributed by atoms with Crippen LogP contribution in [0.4, 0.5) is 0 Å². The molecule has 15 heavy (non-hydrogen) atoms. The number of aryl methyl sites for hydroxylation is 1. The van der Waals surface area contributed by atoms with Gasteiger partial charge in [-0.3, -0.25) is 0 Å². The van der Waals surface area contributed by atoms with Crippen LogP contribution in [0.1, 0.15) is 43.4 Å². The van der Waals surface area contributed by atoms with Crippen LogP contribution in [0.5, 0.6) is 5.75 Å². The van der Waals surface area contributed by atoms with Gasteiger partial charge in [0.2, 0.25) is 0 Å². The van der Waals surface area contributed by atoms with Crippen LogP contribution in [0.3, 0.4) is 0 Å². The fourth-order valence-corrected chi connectivity index (χ4v) is 2.29. The molecule has 0 radical (unpaired) electrons. The molecular weight excluding hydrogens is 186 g/mol. The summed E-state index contributed by atoms with van der Waals surface area (Å²) in [4.78, 5) is 0. The van der Waals surface area contributed by atoms with Crippen molar-refractivity contribution in [3.05, 3.63) is 29.3 Å². The molecule has 1 atom stereocenters. The molecule has 1 aromatic carbocycles. The number of piperidine rings is 1. The van der Waals surface area contributed by atoms with Gasteiger partial charge in [-0.15, -0.1) is 0 Å². The topological polar surface area (TPSA) is 32.3 Å². The van der Waals surface area contributed by atoms with Crippen LogP contribution in [-0.2, 0) is 6.42 Å². The van der Waals surface area contributed by atoms with E-state index in [-0.39, 0.29) is 0 Å². The Hall–Kier alpha value is -1.02. The summed E-state index contributed by atoms with van der Waals surface area (Å²) in [6, 6.07) is 6.44. The van der Waals surface area contributed by atoms with Gasteiger partial charge in [0.05, 0.1) is 0 Å². The summed E-state index contributed by atoms with van der Waals surface area (Å²) in [6.07, 6.45) is 4.55. The van der Waals surface area contributed by atoms with Crippen LogP contribution in [0, 0.1) is 0 Å². The van der Waals surface area contributed by atoms with Gasteiger partial charge in [-0.05, 0) is 31.4 Å². The molecule has 0 unspecified atom stereocenters. The van der Waals surface area contributed by atoms with Crippen molar-refractivity contribution in [1.29, 1.82) is 0 Å². The highest BCUT2D eigenvalue weighted by Gasteiger charge is 2.18. The second kappa shape index (κ2) is 4.67. The minimum atomic E-state index is 0.352. The zero-order valence-corrected chi connectivity index (χ0v) is 9.29. The molecule has 0 amide bonds. The molecule has 1 fully saturated rings. The van der Waals surface area contributed by atoms with Crippen molar-refractivity contribution in [3.63, 3.8) is 0 Å². The zero-order chi connectivity index (χ0) is 10.7. The van der Waals surface area contributed by atoms with Crippen molar-refractivity contribution < 1.29 is 5.11 Å². The van der Waals surface area contributed by atoms with E-state index < -0.39 is 0 Å². The molecule has 0 aromatic heterocycles. The maximum absolute atomic E-state index is 10.1. The minimum absolute atomic E-state index is 0.352. The summed E-state index contributed by atoms with van der Waals surface area (Å²) in [7, 11) is 0. The number of phenols is 1. The number of para-hydroxylation sites is 1. The number of hydrogen-bond donors (Lipinski definition) is 2. The Morgan fingerprint density at radius 1 is 1.40 bits per heavy atom. The monoisotopic (exact) mass is 205 g/mol. The highest BCUT2D eigenvalue weighted by Crippen LogP contribution is 2.32. The first-order valence-electron chi connectivity index (χ1n) is 5.87. The summed E-state index contributed by atoms with van der Waals surface area (Å²) in [5.74, 6) is 0.499. The van der Waals surface area contributed by atoms with Gasteiger partial charge in [0.1, 0.15) is 5.75 Å². The zero-order valence-electron chi connectivity index (χ0n) is 9.29. The third-order valence-electron chi connectivity index (χ3n) is 3.22. The third kappa shape index (κ3) is 2.15. The van der Waals surface area contributed by atoms with E-state index >= 15 is 0 Å². The first kappa shape index (κ1) is 10.5. The number of benzene rings is 1. The average Bonchev–Trinajstić information content (AvgIpc) is 2.30. The number of phenolic OH excluding ortho intramolecular Hbond substituents is 1. The Bertz CT molecular complexity index is 329. The average molecular weight is 205 g/mol. The van der Waals surface area contributed by atoms with Gasteiger partial charge in [0, 0.05) is 11.6 Å². The molecular formula is C13H19NO. The van der Waals surface area contributed by atoms with Crippen LogP contribution >= 0.6 is 0 Å². The molecule has 2 rings (SSSR count). The van der Waals surface area contributed by atoms with Crippen LogP contribution < -0.4 is 5.32 Å². The van der Waals surface area contributed by atoms with E-state index in [1.165, 1.54) is 12.8 Å². The molecule has 0 saturated carbocycles. The van der Waals surface area contributed by atoms with Crippen molar-refractivity contribution >= 4 is 0 Å². The van der Waals surface area contributed by atoms with Crippen molar-refractivity contribution in [1.82, 2.24) is 5.32 Å². The Labute approximate surface area is 91.3 Å². The van der Waals surface area contributed by atoms with Gasteiger partial charge in [0.25, 0.3) is 0 Å². The van der Waals surface area contributed by atoms with E-state index in [1.54, 1.807) is 0 Å². The quantitative estimate of drug-likeness (QED) is 0.778. The normalized spacial score (nSPS) is 21.5. The van der Waals surface area contributed by atoms with Crippen molar-refractivity contribution in [2.45, 2.75) is 38.6 Å². The fourth-order valence-electron chi connectivity index (χ4n) is 2.29. The van der Waals surface area contributed by atoms with Crippen LogP contribution in [0.2, 0.25) is 0 Å². The Morgan fingerprint density at radius 2 is 2.27 bits per heavy atom. The van der Waals surface area contributed by atoms with Crippen LogP contribution in [0.15, 0.2) is 18.2 Å². The molecule has 0 aliphatic carbocycles. The first-order valence-corrected chi connectivity index (χ1v) is 5.87. The number of hydrogen-bond acceptors (Lipinski definition) is 2. The van der Waals surface area contributed by atoms with Gasteiger partial charge in [0.15, 0.2) is 0 Å². The Balaban J connectivity index is 2.26. The lowest BCUT2D eigenvalue weighted by atomic mass is 9.94. The van der Waals surface area contributed by atoms with E-state index in [0.717, 1.165) is 30.5 Å². The Kier molecular flexibility index (Phi) is 3.27. The van der Waals surface area contributed by atoms with Gasteiger partial charge in [-0.2, -0.15) is 0 Å². The highest BCUT2D eigenvalue weighted by molar-refractivity contribution is 5.42. The van der Waals surface area contributed by atoms with E-state index in [4.69, 9.17) is 0 Å². The lowest BCUT2D eigenvalue weighted by molar-refractivity contribution is 0.389. The van der Waals surface area contributed by atoms with Gasteiger partial charge in [-0.1, -0.05) is 31.5 Å². The van der Waals surface area contributed by atoms with Crippen LogP contribution in [-0.4, -0.2) is 11.7 Å². The van der Waals surface area contributed by atoms with Gasteiger partial charge in [-0.25, -0.2) is 0 Å². The summed E-state index contributed by atoms with van der Waals surface area (Å²) in [5, 5.41) is 13.6. The summed E-state index contributed by atoms with van der Waals surface area (Å²) < 4.78 is 0. The van der Waals surface area contributed by atoms with Crippen molar-refractivity contribution in [3.8, 4) is 5.75 Å². The predicted octanol–water partition coefficient (Wildman–Crippen LogP) is 2.77. The molecule has 2 heteroatoms. The van der Waals surface area contributed by atoms with Crippen molar-refractivity contribution in [2.75, 3.05) is 6.54 Å². The maximum atomic E-state index is 10.1. The largest absolute Gasteiger partial charge is 0.507 e. The summed E-state index contributed by atoms with van der Waals surface area (Å²) in [5.41, 5.74) is 2.13. The molecule has 0 bridgehead atoms. The molecule has 82 valence electrons. The maximum Gasteiger partial charge on any atom is 0.123 e. The first-order chi connectivity index (χ1) is 7.33. The van der Waals surface area contributed by atoms with Gasteiger partial charge < -0.3 is 10.4 Å². The van der Waals surface area contributed by atoms with E-state index in [0.29, 0.717) is 11.8 Å². The van der Waals surface area contributed by atoms with Crippen molar-refractivity contribution in [2.24, 2.45) is 0 Å². The molecule has 1 aliphatic rings. The molecule has 0 spiro atoms. The second-order valence-corrected chi connectivity index (χ2v) is 4.21. The third-order valence-corrected chi connectivity index (χ3v) is 3.22. The van der Waals surface area contributed by atoms with E-state index in [2.05, 4.69) is 12.2 Å². The molecule has 1 heterocycles. The fraction of sp³-hybridized carbons (Fsp3) is 0.538. The predicted molar refractivity (Wildman–Crippen MR) is 62.1 cm³/mol. The Morgan fingerprint density at radius 3 is 2.93 bits per heavy atom. The van der Waals surface area contributed by atoms with E-state index in [1.807, 2.05) is 18.2 Å². The number of aromatic hydroxyl groups is 1. The smallest absolute Gasteiger partial charge is 0.123 e. The van der Waals surface area contributed by atoms with E-state index in [9.17, 15) is 5.11 Å². The molecule has 1 saturated heterocycles. The summed E-state index contributed by atoms with van der Waals surface area (Å²) in [6.45, 7) is 3.15. The lowest BCUT2D eigenvalue weighted by Crippen LogP contribution is -2.26. The molecule has 1 aromatic rings. The highest BCUT2D eigenvalue weighted by atomic mass is 16.3. The lowest BCUT2D eigenvalue weighted by Gasteiger charge is -2.25. The van der Waals surface area contributed by atoms with Gasteiger partial charge >= 0.3 is 0 Å². The van der Waals surface area contributed by atoms with Crippen LogP contribution in [0.25, 0.3) is 0 Å². The second-order valence-electron chi connectivity index (χ2n) is 4.21. The molecule has 1 aliphatic heterocycles. The minimum Gasteiger partial charge on any atom is -0.507 e. The number of rotatable bonds is 2. The summed E-state index contributed by atoms with van der Waals surface area (Å²) >= 11 is 0. The standard InChI is InChI=1S/C13H19NO/c1-2-10-6-5-7-11(13(10)15)12-8-3-4-9-14-12/h5-7,12,14-15H,2-4,8-9H2,1H3/t12-/m0/s1. The SMILES string of the molecule is CCc1cccc([C@@H]2CCCCN2)c1O.